The van der Waals surface area contributed by atoms with Gasteiger partial charge in [0.1, 0.15) is 0 Å². The highest BCUT2D eigenvalue weighted by Gasteiger charge is 2.11. The first-order chi connectivity index (χ1) is 11.8. The van der Waals surface area contributed by atoms with Crippen LogP contribution in [-0.4, -0.2) is 25.5 Å². The van der Waals surface area contributed by atoms with E-state index < -0.39 is 20.9 Å². The number of nitro groups is 1. The molecule has 0 aromatic heterocycles. The first-order valence-corrected chi connectivity index (χ1v) is 8.95. The Morgan fingerprint density at radius 2 is 1.68 bits per heavy atom. The van der Waals surface area contributed by atoms with Crippen LogP contribution in [0.25, 0.3) is 6.08 Å². The molecule has 0 saturated carbocycles. The predicted octanol–water partition coefficient (Wildman–Crippen LogP) is 2.62. The molecule has 8 nitrogen and oxygen atoms in total. The third-order valence-electron chi connectivity index (χ3n) is 3.03. The second-order valence-electron chi connectivity index (χ2n) is 5.06. The standard InChI is InChI=1S/C16H15N3O5S/c1-25(23,24)18-14-8-4-3-7-13(14)17-16(20)11-10-12-6-2-5-9-15(12)19(21)22/h2-11,18H,1H3,(H,17,20)/b11-10+. The summed E-state index contributed by atoms with van der Waals surface area (Å²) in [4.78, 5) is 22.4. The summed E-state index contributed by atoms with van der Waals surface area (Å²) in [5.74, 6) is -0.555. The van der Waals surface area contributed by atoms with Crippen molar-refractivity contribution in [1.82, 2.24) is 0 Å². The van der Waals surface area contributed by atoms with Crippen LogP contribution in [0.4, 0.5) is 17.1 Å². The monoisotopic (exact) mass is 361 g/mol. The summed E-state index contributed by atoms with van der Waals surface area (Å²) in [5, 5.41) is 13.5. The normalized spacial score (nSPS) is 11.2. The number of nitrogens with one attached hydrogen (secondary N) is 2. The van der Waals surface area contributed by atoms with E-state index in [-0.39, 0.29) is 22.6 Å². The van der Waals surface area contributed by atoms with Crippen LogP contribution >= 0.6 is 0 Å². The molecular weight excluding hydrogens is 346 g/mol. The van der Waals surface area contributed by atoms with Gasteiger partial charge in [0, 0.05) is 12.1 Å². The molecular formula is C16H15N3O5S. The number of rotatable bonds is 6. The first kappa shape index (κ1) is 18.1. The lowest BCUT2D eigenvalue weighted by Crippen LogP contribution is -2.14. The molecule has 0 heterocycles. The van der Waals surface area contributed by atoms with E-state index in [1.165, 1.54) is 36.4 Å². The van der Waals surface area contributed by atoms with Crippen LogP contribution < -0.4 is 10.0 Å². The number of hydrogen-bond donors (Lipinski definition) is 2. The first-order valence-electron chi connectivity index (χ1n) is 7.05. The third kappa shape index (κ3) is 5.43. The van der Waals surface area contributed by atoms with Crippen molar-refractivity contribution in [1.29, 1.82) is 0 Å². The zero-order valence-electron chi connectivity index (χ0n) is 13.2. The Hall–Kier alpha value is -3.20. The third-order valence-corrected chi connectivity index (χ3v) is 3.62. The van der Waals surface area contributed by atoms with Crippen LogP contribution in [0.2, 0.25) is 0 Å². The molecule has 0 unspecified atom stereocenters. The molecule has 2 aromatic carbocycles. The molecule has 9 heteroatoms. The molecule has 2 rings (SSSR count). The maximum Gasteiger partial charge on any atom is 0.276 e. The van der Waals surface area contributed by atoms with Gasteiger partial charge in [-0.2, -0.15) is 0 Å². The number of benzene rings is 2. The molecule has 0 aliphatic heterocycles. The van der Waals surface area contributed by atoms with Gasteiger partial charge in [0.25, 0.3) is 5.69 Å². The minimum atomic E-state index is -3.50. The van der Waals surface area contributed by atoms with Gasteiger partial charge in [-0.1, -0.05) is 24.3 Å². The lowest BCUT2D eigenvalue weighted by Gasteiger charge is -2.10. The van der Waals surface area contributed by atoms with E-state index in [0.29, 0.717) is 0 Å². The van der Waals surface area contributed by atoms with Crippen molar-refractivity contribution in [3.05, 3.63) is 70.3 Å². The topological polar surface area (TPSA) is 118 Å². The molecule has 0 atom stereocenters. The second kappa shape index (κ2) is 7.58. The Labute approximate surface area is 144 Å². The Morgan fingerprint density at radius 3 is 2.32 bits per heavy atom. The van der Waals surface area contributed by atoms with E-state index in [1.807, 2.05) is 0 Å². The maximum atomic E-state index is 12.0. The highest BCUT2D eigenvalue weighted by molar-refractivity contribution is 7.92. The second-order valence-corrected chi connectivity index (χ2v) is 6.81. The number of hydrogen-bond acceptors (Lipinski definition) is 5. The molecule has 0 aliphatic carbocycles. The SMILES string of the molecule is CS(=O)(=O)Nc1ccccc1NC(=O)/C=C/c1ccccc1[N+](=O)[O-]. The van der Waals surface area contributed by atoms with Crippen LogP contribution in [-0.2, 0) is 14.8 Å². The number of nitro benzene ring substituents is 1. The quantitative estimate of drug-likeness (QED) is 0.466. The molecule has 1 amide bonds. The number of amides is 1. The summed E-state index contributed by atoms with van der Waals surface area (Å²) in [6, 6.07) is 12.3. The maximum absolute atomic E-state index is 12.0. The smallest absolute Gasteiger partial charge is 0.276 e. The minimum Gasteiger partial charge on any atom is -0.321 e. The summed E-state index contributed by atoms with van der Waals surface area (Å²) in [5.41, 5.74) is 0.651. The van der Waals surface area contributed by atoms with E-state index in [0.717, 1.165) is 12.3 Å². The molecule has 2 N–H and O–H groups in total. The Bertz CT molecular complexity index is 938. The number of nitrogens with zero attached hydrogens (tertiary/aromatic N) is 1. The average molecular weight is 361 g/mol. The highest BCUT2D eigenvalue weighted by Crippen LogP contribution is 2.22. The fourth-order valence-electron chi connectivity index (χ4n) is 2.02. The van der Waals surface area contributed by atoms with Crippen molar-refractivity contribution in [2.24, 2.45) is 0 Å². The number of carbonyl (C=O) groups is 1. The summed E-state index contributed by atoms with van der Waals surface area (Å²) >= 11 is 0. The lowest BCUT2D eigenvalue weighted by molar-refractivity contribution is -0.385. The fraction of sp³-hybridized carbons (Fsp3) is 0.0625. The van der Waals surface area contributed by atoms with Gasteiger partial charge in [0.05, 0.1) is 28.1 Å². The Morgan fingerprint density at radius 1 is 1.08 bits per heavy atom. The molecule has 0 aliphatic rings. The molecule has 0 bridgehead atoms. The minimum absolute atomic E-state index is 0.120. The number of sulfonamides is 1. The van der Waals surface area contributed by atoms with E-state index in [2.05, 4.69) is 10.0 Å². The zero-order valence-corrected chi connectivity index (χ0v) is 14.0. The van der Waals surface area contributed by atoms with Gasteiger partial charge in [0.15, 0.2) is 0 Å². The van der Waals surface area contributed by atoms with Crippen LogP contribution in [0.1, 0.15) is 5.56 Å². The van der Waals surface area contributed by atoms with Gasteiger partial charge in [-0.3, -0.25) is 19.6 Å². The van der Waals surface area contributed by atoms with E-state index in [1.54, 1.807) is 18.2 Å². The van der Waals surface area contributed by atoms with Gasteiger partial charge in [-0.25, -0.2) is 8.42 Å². The van der Waals surface area contributed by atoms with Crippen molar-refractivity contribution in [2.45, 2.75) is 0 Å². The molecule has 0 spiro atoms. The van der Waals surface area contributed by atoms with Crippen molar-refractivity contribution >= 4 is 39.1 Å². The van der Waals surface area contributed by atoms with Crippen molar-refractivity contribution < 1.29 is 18.1 Å². The van der Waals surface area contributed by atoms with Gasteiger partial charge in [0.2, 0.25) is 15.9 Å². The molecule has 0 saturated heterocycles. The van der Waals surface area contributed by atoms with Crippen molar-refractivity contribution in [3.8, 4) is 0 Å². The van der Waals surface area contributed by atoms with E-state index in [9.17, 15) is 23.3 Å². The number of para-hydroxylation sites is 3. The lowest BCUT2D eigenvalue weighted by atomic mass is 10.1. The van der Waals surface area contributed by atoms with E-state index >= 15 is 0 Å². The van der Waals surface area contributed by atoms with Gasteiger partial charge >= 0.3 is 0 Å². The largest absolute Gasteiger partial charge is 0.321 e. The average Bonchev–Trinajstić information content (AvgIpc) is 2.53. The van der Waals surface area contributed by atoms with Crippen LogP contribution in [0.3, 0.4) is 0 Å². The zero-order chi connectivity index (χ0) is 18.4. The summed E-state index contributed by atoms with van der Waals surface area (Å²) in [6.07, 6.45) is 3.46. The fourth-order valence-corrected chi connectivity index (χ4v) is 2.59. The molecule has 0 radical (unpaired) electrons. The molecule has 0 fully saturated rings. The van der Waals surface area contributed by atoms with Gasteiger partial charge in [-0.05, 0) is 24.3 Å². The molecule has 2 aromatic rings. The molecule has 25 heavy (non-hydrogen) atoms. The Balaban J connectivity index is 2.18. The van der Waals surface area contributed by atoms with E-state index in [4.69, 9.17) is 0 Å². The summed E-state index contributed by atoms with van der Waals surface area (Å²) in [7, 11) is -3.50. The van der Waals surface area contributed by atoms with Gasteiger partial charge < -0.3 is 5.32 Å². The van der Waals surface area contributed by atoms with Crippen molar-refractivity contribution in [2.75, 3.05) is 16.3 Å². The van der Waals surface area contributed by atoms with Crippen LogP contribution in [0.5, 0.6) is 0 Å². The molecule has 130 valence electrons. The number of carbonyl (C=O) groups excluding carboxylic acids is 1. The summed E-state index contributed by atoms with van der Waals surface area (Å²) in [6.45, 7) is 0. The van der Waals surface area contributed by atoms with Crippen LogP contribution in [0.15, 0.2) is 54.6 Å². The van der Waals surface area contributed by atoms with Crippen LogP contribution in [0, 0.1) is 10.1 Å². The summed E-state index contributed by atoms with van der Waals surface area (Å²) < 4.78 is 25.0. The van der Waals surface area contributed by atoms with Crippen molar-refractivity contribution in [3.63, 3.8) is 0 Å². The predicted molar refractivity (Wildman–Crippen MR) is 95.7 cm³/mol. The highest BCUT2D eigenvalue weighted by atomic mass is 32.2. The van der Waals surface area contributed by atoms with Gasteiger partial charge in [-0.15, -0.1) is 0 Å². The Kier molecular flexibility index (Phi) is 5.50. The number of anilines is 2.